The van der Waals surface area contributed by atoms with Gasteiger partial charge in [0.2, 0.25) is 5.69 Å². The van der Waals surface area contributed by atoms with Crippen LogP contribution in [0.5, 0.6) is 0 Å². The van der Waals surface area contributed by atoms with Gasteiger partial charge < -0.3 is 10.1 Å². The summed E-state index contributed by atoms with van der Waals surface area (Å²) in [6, 6.07) is 0. The summed E-state index contributed by atoms with van der Waals surface area (Å²) in [5.41, 5.74) is 2.84. The molecule has 0 radical (unpaired) electrons. The molecule has 1 rings (SSSR count). The summed E-state index contributed by atoms with van der Waals surface area (Å²) in [6.07, 6.45) is 4.14. The number of aromatic nitrogens is 2. The lowest BCUT2D eigenvalue weighted by molar-refractivity contribution is -0.389. The number of nitrogens with one attached hydrogen (secondary N) is 2. The minimum atomic E-state index is -0.739. The number of allylic oxidation sites excluding steroid dienone is 2. The average molecular weight is 237 g/mol. The van der Waals surface area contributed by atoms with Crippen LogP contribution in [0.4, 0.5) is 5.82 Å². The Bertz CT molecular complexity index is 485. The van der Waals surface area contributed by atoms with Gasteiger partial charge in [0.1, 0.15) is 0 Å². The molecule has 1 heterocycles. The van der Waals surface area contributed by atoms with Crippen LogP contribution in [0.3, 0.4) is 0 Å². The fraction of sp³-hybridized carbons (Fsp3) is 0.222. The van der Waals surface area contributed by atoms with Crippen molar-refractivity contribution >= 4 is 17.9 Å². The summed E-state index contributed by atoms with van der Waals surface area (Å²) in [4.78, 5) is 27.0. The smallest absolute Gasteiger partial charge is 0.353 e. The van der Waals surface area contributed by atoms with Gasteiger partial charge in [0.15, 0.2) is 6.33 Å². The number of carbonyl (C=O) groups excluding carboxylic acids is 1. The standard InChI is InChI=1S/C9H11N5O3/c1-6(2)3-4-12-13-9(15)7-8(14(16)17)11-5-10-7/h3-5H,1-2H3,(H,10,11)(H,13,15)/b12-4-. The van der Waals surface area contributed by atoms with Crippen LogP contribution in [0.15, 0.2) is 23.1 Å². The highest BCUT2D eigenvalue weighted by Gasteiger charge is 2.21. The van der Waals surface area contributed by atoms with E-state index < -0.39 is 16.6 Å². The van der Waals surface area contributed by atoms with Crippen LogP contribution in [-0.2, 0) is 0 Å². The third-order valence-corrected chi connectivity index (χ3v) is 1.67. The van der Waals surface area contributed by atoms with E-state index in [1.807, 2.05) is 13.8 Å². The van der Waals surface area contributed by atoms with Crippen molar-refractivity contribution in [1.29, 1.82) is 0 Å². The summed E-state index contributed by atoms with van der Waals surface area (Å²) >= 11 is 0. The maximum Gasteiger partial charge on any atom is 0.353 e. The van der Waals surface area contributed by atoms with Crippen LogP contribution in [0.2, 0.25) is 0 Å². The molecule has 0 saturated carbocycles. The molecule has 0 aliphatic rings. The van der Waals surface area contributed by atoms with Gasteiger partial charge in [0.25, 0.3) is 5.91 Å². The molecule has 17 heavy (non-hydrogen) atoms. The molecule has 0 spiro atoms. The molecular weight excluding hydrogens is 226 g/mol. The van der Waals surface area contributed by atoms with Crippen molar-refractivity contribution in [3.63, 3.8) is 0 Å². The Morgan fingerprint density at radius 1 is 1.65 bits per heavy atom. The molecule has 8 heteroatoms. The van der Waals surface area contributed by atoms with E-state index in [0.29, 0.717) is 0 Å². The second kappa shape index (κ2) is 5.54. The third kappa shape index (κ3) is 3.52. The number of nitro groups is 1. The van der Waals surface area contributed by atoms with E-state index in [1.54, 1.807) is 6.08 Å². The summed E-state index contributed by atoms with van der Waals surface area (Å²) in [5, 5.41) is 14.1. The first-order chi connectivity index (χ1) is 8.02. The number of H-pyrrole nitrogens is 1. The Morgan fingerprint density at radius 3 is 2.94 bits per heavy atom. The van der Waals surface area contributed by atoms with Gasteiger partial charge in [-0.15, -0.1) is 0 Å². The number of nitrogens with zero attached hydrogens (tertiary/aromatic N) is 3. The zero-order chi connectivity index (χ0) is 12.8. The number of aromatic amines is 1. The van der Waals surface area contributed by atoms with E-state index in [1.165, 1.54) is 6.21 Å². The number of carbonyl (C=O) groups is 1. The number of hydrazone groups is 1. The van der Waals surface area contributed by atoms with Crippen LogP contribution in [-0.4, -0.2) is 27.0 Å². The minimum Gasteiger partial charge on any atom is -0.358 e. The van der Waals surface area contributed by atoms with E-state index in [2.05, 4.69) is 20.5 Å². The van der Waals surface area contributed by atoms with Crippen molar-refractivity contribution in [3.05, 3.63) is 33.8 Å². The highest BCUT2D eigenvalue weighted by molar-refractivity contribution is 5.95. The summed E-state index contributed by atoms with van der Waals surface area (Å²) < 4.78 is 0. The molecular formula is C9H11N5O3. The number of hydrogen-bond acceptors (Lipinski definition) is 5. The van der Waals surface area contributed by atoms with Crippen molar-refractivity contribution in [2.45, 2.75) is 13.8 Å². The van der Waals surface area contributed by atoms with Crippen molar-refractivity contribution < 1.29 is 9.72 Å². The van der Waals surface area contributed by atoms with Crippen LogP contribution >= 0.6 is 0 Å². The Balaban J connectivity index is 2.71. The molecule has 0 saturated heterocycles. The molecule has 0 aromatic carbocycles. The molecule has 0 bridgehead atoms. The quantitative estimate of drug-likeness (QED) is 0.462. The first-order valence-electron chi connectivity index (χ1n) is 4.67. The normalized spacial score (nSPS) is 10.2. The van der Waals surface area contributed by atoms with Gasteiger partial charge in [0.05, 0.1) is 0 Å². The Kier molecular flexibility index (Phi) is 4.09. The first-order valence-corrected chi connectivity index (χ1v) is 4.67. The summed E-state index contributed by atoms with van der Waals surface area (Å²) in [5.74, 6) is -1.20. The van der Waals surface area contributed by atoms with Gasteiger partial charge in [-0.1, -0.05) is 5.57 Å². The minimum absolute atomic E-state index is 0.302. The van der Waals surface area contributed by atoms with E-state index in [0.717, 1.165) is 11.9 Å². The van der Waals surface area contributed by atoms with E-state index in [9.17, 15) is 14.9 Å². The van der Waals surface area contributed by atoms with Crippen LogP contribution < -0.4 is 5.43 Å². The van der Waals surface area contributed by atoms with Crippen LogP contribution in [0, 0.1) is 10.1 Å². The number of hydrogen-bond donors (Lipinski definition) is 2. The zero-order valence-corrected chi connectivity index (χ0v) is 9.30. The van der Waals surface area contributed by atoms with E-state index in [4.69, 9.17) is 0 Å². The highest BCUT2D eigenvalue weighted by atomic mass is 16.6. The van der Waals surface area contributed by atoms with Gasteiger partial charge in [-0.3, -0.25) is 4.79 Å². The molecule has 1 aromatic rings. The SMILES string of the molecule is CC(C)=C/C=N\NC(=O)c1nc[nH]c1[N+](=O)[O-]. The third-order valence-electron chi connectivity index (χ3n) is 1.67. The largest absolute Gasteiger partial charge is 0.358 e. The van der Waals surface area contributed by atoms with Gasteiger partial charge in [-0.25, -0.2) is 15.4 Å². The fourth-order valence-electron chi connectivity index (χ4n) is 0.928. The lowest BCUT2D eigenvalue weighted by atomic mass is 10.3. The zero-order valence-electron chi connectivity index (χ0n) is 9.30. The Morgan fingerprint density at radius 2 is 2.35 bits per heavy atom. The molecule has 0 atom stereocenters. The topological polar surface area (TPSA) is 113 Å². The molecule has 1 aromatic heterocycles. The van der Waals surface area contributed by atoms with Crippen LogP contribution in [0.1, 0.15) is 24.3 Å². The first kappa shape index (κ1) is 12.6. The van der Waals surface area contributed by atoms with E-state index >= 15 is 0 Å². The van der Waals surface area contributed by atoms with E-state index in [-0.39, 0.29) is 5.69 Å². The molecule has 0 aliphatic carbocycles. The monoisotopic (exact) mass is 237 g/mol. The van der Waals surface area contributed by atoms with Crippen molar-refractivity contribution in [3.8, 4) is 0 Å². The van der Waals surface area contributed by atoms with Gasteiger partial charge in [0, 0.05) is 6.21 Å². The van der Waals surface area contributed by atoms with Gasteiger partial charge in [-0.2, -0.15) is 5.10 Å². The molecule has 90 valence electrons. The average Bonchev–Trinajstić information content (AvgIpc) is 2.72. The summed E-state index contributed by atoms with van der Waals surface area (Å²) in [6.45, 7) is 3.73. The highest BCUT2D eigenvalue weighted by Crippen LogP contribution is 2.11. The predicted molar refractivity (Wildman–Crippen MR) is 60.6 cm³/mol. The molecule has 2 N–H and O–H groups in total. The van der Waals surface area contributed by atoms with Crippen LogP contribution in [0.25, 0.3) is 0 Å². The molecule has 1 amide bonds. The second-order valence-electron chi connectivity index (χ2n) is 3.32. The maximum atomic E-state index is 11.4. The molecule has 0 unspecified atom stereocenters. The van der Waals surface area contributed by atoms with Crippen molar-refractivity contribution in [1.82, 2.24) is 15.4 Å². The molecule has 8 nitrogen and oxygen atoms in total. The van der Waals surface area contributed by atoms with Gasteiger partial charge >= 0.3 is 5.82 Å². The summed E-state index contributed by atoms with van der Waals surface area (Å²) in [7, 11) is 0. The molecule has 0 aliphatic heterocycles. The maximum absolute atomic E-state index is 11.4. The predicted octanol–water partition coefficient (Wildman–Crippen LogP) is 1.000. The number of imidazole rings is 1. The Hall–Kier alpha value is -2.51. The lowest BCUT2D eigenvalue weighted by Gasteiger charge is -1.95. The second-order valence-corrected chi connectivity index (χ2v) is 3.32. The van der Waals surface area contributed by atoms with Gasteiger partial charge in [-0.05, 0) is 24.8 Å². The lowest BCUT2D eigenvalue weighted by Crippen LogP contribution is -2.19. The Labute approximate surface area is 96.6 Å². The number of amides is 1. The molecule has 0 fully saturated rings. The number of rotatable bonds is 4. The fourth-order valence-corrected chi connectivity index (χ4v) is 0.928. The van der Waals surface area contributed by atoms with Crippen molar-refractivity contribution in [2.24, 2.45) is 5.10 Å². The van der Waals surface area contributed by atoms with Crippen molar-refractivity contribution in [2.75, 3.05) is 0 Å².